The van der Waals surface area contributed by atoms with Gasteiger partial charge in [0.15, 0.2) is 0 Å². The average molecular weight is 436 g/mol. The summed E-state index contributed by atoms with van der Waals surface area (Å²) >= 11 is 3.44. The molecule has 6 heteroatoms. The second kappa shape index (κ2) is 12.4. The first-order valence-electron chi connectivity index (χ1n) is 8.81. The van der Waals surface area contributed by atoms with Gasteiger partial charge in [-0.1, -0.05) is 70.5 Å². The van der Waals surface area contributed by atoms with E-state index >= 15 is 0 Å². The van der Waals surface area contributed by atoms with Gasteiger partial charge in [0.25, 0.3) is 0 Å². The fraction of sp³-hybridized carbons (Fsp3) is 0.136. The zero-order chi connectivity index (χ0) is 20.0. The lowest BCUT2D eigenvalue weighted by molar-refractivity contribution is 0.760. The maximum atomic E-state index is 9.33. The summed E-state index contributed by atoms with van der Waals surface area (Å²) in [5.74, 6) is 0. The van der Waals surface area contributed by atoms with Crippen LogP contribution in [0.4, 0.5) is 0 Å². The number of aromatic amines is 1. The Bertz CT molecular complexity index is 891. The topological polar surface area (TPSA) is 77.4 Å². The van der Waals surface area contributed by atoms with Crippen molar-refractivity contribution in [1.29, 1.82) is 5.26 Å². The first-order valence-corrected chi connectivity index (χ1v) is 9.60. The third kappa shape index (κ3) is 7.31. The van der Waals surface area contributed by atoms with E-state index in [4.69, 9.17) is 0 Å². The highest BCUT2D eigenvalue weighted by molar-refractivity contribution is 9.10. The van der Waals surface area contributed by atoms with Crippen LogP contribution in [0.15, 0.2) is 89.4 Å². The Morgan fingerprint density at radius 3 is 2.46 bits per heavy atom. The van der Waals surface area contributed by atoms with Gasteiger partial charge in [-0.15, -0.1) is 0 Å². The molecule has 0 bridgehead atoms. The van der Waals surface area contributed by atoms with Crippen LogP contribution in [0.2, 0.25) is 0 Å². The Labute approximate surface area is 174 Å². The molecule has 2 N–H and O–H groups in total. The predicted octanol–water partition coefficient (Wildman–Crippen LogP) is 4.90. The number of aromatic nitrogens is 3. The Balaban J connectivity index is 0.000000485. The van der Waals surface area contributed by atoms with E-state index in [0.717, 1.165) is 22.2 Å². The Kier molecular flexibility index (Phi) is 9.42. The molecule has 0 fully saturated rings. The van der Waals surface area contributed by atoms with E-state index in [1.54, 1.807) is 0 Å². The Hall–Kier alpha value is -3.01. The standard InChI is InChI=1S/C20H19BrN2.C2H3N3/c1-2-17(14-22)20(18-6-4-3-5-7-18)12-13-23-15-16-8-10-19(21)11-9-16;1-3-2-5-4-1/h2-12,23H,13,15H2,1H3;1-2H,(H,3,4,5)/b17-2-,20-12+;. The fourth-order valence-corrected chi connectivity index (χ4v) is 2.71. The summed E-state index contributed by atoms with van der Waals surface area (Å²) in [7, 11) is 0. The SMILES string of the molecule is C/C=C(C#N)\C(=C/CNCc1ccc(Br)cc1)c1ccccc1.c1nc[nH]n1. The van der Waals surface area contributed by atoms with Crippen molar-refractivity contribution in [2.24, 2.45) is 0 Å². The number of H-pyrrole nitrogens is 1. The summed E-state index contributed by atoms with van der Waals surface area (Å²) in [5.41, 5.74) is 3.96. The molecule has 1 heterocycles. The molecular formula is C22H22BrN5. The fourth-order valence-electron chi connectivity index (χ4n) is 2.44. The zero-order valence-corrected chi connectivity index (χ0v) is 17.2. The molecular weight excluding hydrogens is 414 g/mol. The number of allylic oxidation sites excluding steroid dienone is 3. The summed E-state index contributed by atoms with van der Waals surface area (Å²) < 4.78 is 1.08. The minimum atomic E-state index is 0.696. The third-order valence-electron chi connectivity index (χ3n) is 3.81. The van der Waals surface area contributed by atoms with Crippen LogP contribution in [0.25, 0.3) is 5.57 Å². The lowest BCUT2D eigenvalue weighted by atomic mass is 9.98. The van der Waals surface area contributed by atoms with E-state index in [1.807, 2.05) is 55.5 Å². The van der Waals surface area contributed by atoms with E-state index in [9.17, 15) is 5.26 Å². The average Bonchev–Trinajstić information content (AvgIpc) is 3.33. The minimum absolute atomic E-state index is 0.696. The highest BCUT2D eigenvalue weighted by Crippen LogP contribution is 2.22. The van der Waals surface area contributed by atoms with Gasteiger partial charge in [0.1, 0.15) is 12.7 Å². The molecule has 2 aromatic carbocycles. The maximum Gasteiger partial charge on any atom is 0.137 e. The van der Waals surface area contributed by atoms with E-state index < -0.39 is 0 Å². The van der Waals surface area contributed by atoms with E-state index in [-0.39, 0.29) is 0 Å². The molecule has 28 heavy (non-hydrogen) atoms. The number of rotatable bonds is 6. The third-order valence-corrected chi connectivity index (χ3v) is 4.34. The van der Waals surface area contributed by atoms with Gasteiger partial charge in [0.05, 0.1) is 11.6 Å². The van der Waals surface area contributed by atoms with Crippen molar-refractivity contribution in [3.63, 3.8) is 0 Å². The number of benzene rings is 2. The quantitative estimate of drug-likeness (QED) is 0.328. The van der Waals surface area contributed by atoms with E-state index in [0.29, 0.717) is 12.1 Å². The molecule has 0 unspecified atom stereocenters. The van der Waals surface area contributed by atoms with Crippen molar-refractivity contribution >= 4 is 21.5 Å². The van der Waals surface area contributed by atoms with Crippen molar-refractivity contribution in [3.05, 3.63) is 101 Å². The number of hydrogen-bond acceptors (Lipinski definition) is 4. The number of hydrogen-bond donors (Lipinski definition) is 2. The Morgan fingerprint density at radius 1 is 1.18 bits per heavy atom. The van der Waals surface area contributed by atoms with Crippen LogP contribution in [0.1, 0.15) is 18.1 Å². The van der Waals surface area contributed by atoms with Crippen LogP contribution in [-0.4, -0.2) is 21.7 Å². The van der Waals surface area contributed by atoms with Crippen LogP contribution in [0.3, 0.4) is 0 Å². The molecule has 0 aliphatic carbocycles. The predicted molar refractivity (Wildman–Crippen MR) is 116 cm³/mol. The van der Waals surface area contributed by atoms with Crippen molar-refractivity contribution in [1.82, 2.24) is 20.5 Å². The summed E-state index contributed by atoms with van der Waals surface area (Å²) in [6, 6.07) is 20.5. The van der Waals surface area contributed by atoms with Crippen LogP contribution < -0.4 is 5.32 Å². The second-order valence-electron chi connectivity index (χ2n) is 5.71. The molecule has 0 saturated heterocycles. The molecule has 142 valence electrons. The lowest BCUT2D eigenvalue weighted by Crippen LogP contribution is -2.13. The monoisotopic (exact) mass is 435 g/mol. The van der Waals surface area contributed by atoms with Crippen molar-refractivity contribution in [3.8, 4) is 6.07 Å². The Morgan fingerprint density at radius 2 is 1.93 bits per heavy atom. The van der Waals surface area contributed by atoms with Gasteiger partial charge in [-0.25, -0.2) is 4.98 Å². The van der Waals surface area contributed by atoms with Gasteiger partial charge in [0, 0.05) is 17.6 Å². The molecule has 1 aromatic heterocycles. The van der Waals surface area contributed by atoms with E-state index in [1.165, 1.54) is 18.2 Å². The molecule has 0 atom stereocenters. The first-order chi connectivity index (χ1) is 13.7. The maximum absolute atomic E-state index is 9.33. The molecule has 0 radical (unpaired) electrons. The zero-order valence-electron chi connectivity index (χ0n) is 15.6. The molecule has 0 saturated carbocycles. The highest BCUT2D eigenvalue weighted by atomic mass is 79.9. The van der Waals surface area contributed by atoms with Crippen LogP contribution in [-0.2, 0) is 6.54 Å². The van der Waals surface area contributed by atoms with Gasteiger partial charge in [-0.05, 0) is 35.8 Å². The molecule has 0 spiro atoms. The smallest absolute Gasteiger partial charge is 0.137 e. The van der Waals surface area contributed by atoms with Crippen LogP contribution >= 0.6 is 15.9 Å². The highest BCUT2D eigenvalue weighted by Gasteiger charge is 2.06. The second-order valence-corrected chi connectivity index (χ2v) is 6.62. The summed E-state index contributed by atoms with van der Waals surface area (Å²) in [6.07, 6.45) is 6.89. The molecule has 0 aliphatic heterocycles. The van der Waals surface area contributed by atoms with Gasteiger partial charge >= 0.3 is 0 Å². The molecule has 0 aliphatic rings. The number of nitriles is 1. The van der Waals surface area contributed by atoms with Crippen molar-refractivity contribution < 1.29 is 0 Å². The molecule has 0 amide bonds. The van der Waals surface area contributed by atoms with Gasteiger partial charge in [-0.2, -0.15) is 10.4 Å². The van der Waals surface area contributed by atoms with Crippen molar-refractivity contribution in [2.45, 2.75) is 13.5 Å². The van der Waals surface area contributed by atoms with Gasteiger partial charge in [0.2, 0.25) is 0 Å². The summed E-state index contributed by atoms with van der Waals surface area (Å²) in [5, 5.41) is 18.7. The van der Waals surface area contributed by atoms with E-state index in [2.05, 4.69) is 60.7 Å². The lowest BCUT2D eigenvalue weighted by Gasteiger charge is -2.08. The van der Waals surface area contributed by atoms with Crippen molar-refractivity contribution in [2.75, 3.05) is 6.54 Å². The van der Waals surface area contributed by atoms with Gasteiger partial charge in [-0.3, -0.25) is 5.10 Å². The van der Waals surface area contributed by atoms with Gasteiger partial charge < -0.3 is 5.32 Å². The first kappa shape index (κ1) is 21.3. The molecule has 3 aromatic rings. The summed E-state index contributed by atoms with van der Waals surface area (Å²) in [6.45, 7) is 3.40. The van der Waals surface area contributed by atoms with Crippen LogP contribution in [0.5, 0.6) is 0 Å². The van der Waals surface area contributed by atoms with Crippen LogP contribution in [0, 0.1) is 11.3 Å². The largest absolute Gasteiger partial charge is 0.309 e. The molecule has 5 nitrogen and oxygen atoms in total. The molecule has 3 rings (SSSR count). The number of nitrogens with zero attached hydrogens (tertiary/aromatic N) is 3. The summed E-state index contributed by atoms with van der Waals surface area (Å²) in [4.78, 5) is 3.56. The minimum Gasteiger partial charge on any atom is -0.309 e. The number of halogens is 1. The normalized spacial score (nSPS) is 11.3. The number of nitrogens with one attached hydrogen (secondary N) is 2.